The fourth-order valence-electron chi connectivity index (χ4n) is 2.56. The van der Waals surface area contributed by atoms with Gasteiger partial charge in [0.15, 0.2) is 0 Å². The largest absolute Gasteiger partial charge is 0.312 e. The van der Waals surface area contributed by atoms with Gasteiger partial charge in [-0.1, -0.05) is 28.1 Å². The van der Waals surface area contributed by atoms with E-state index in [4.69, 9.17) is 0 Å². The van der Waals surface area contributed by atoms with Crippen molar-refractivity contribution in [2.24, 2.45) is 11.0 Å². The van der Waals surface area contributed by atoms with Gasteiger partial charge in [0.1, 0.15) is 5.82 Å². The third-order valence-corrected chi connectivity index (χ3v) is 4.42. The van der Waals surface area contributed by atoms with Crippen LogP contribution < -0.4 is 10.3 Å². The lowest BCUT2D eigenvalue weighted by Crippen LogP contribution is -2.30. The zero-order chi connectivity index (χ0) is 17.8. The summed E-state index contributed by atoms with van der Waals surface area (Å²) in [4.78, 5) is 26.0. The Balaban J connectivity index is 1.59. The van der Waals surface area contributed by atoms with E-state index in [0.29, 0.717) is 12.1 Å². The van der Waals surface area contributed by atoms with Crippen LogP contribution in [0.5, 0.6) is 0 Å². The Morgan fingerprint density at radius 1 is 1.20 bits per heavy atom. The highest BCUT2D eigenvalue weighted by Gasteiger charge is 2.35. The van der Waals surface area contributed by atoms with Gasteiger partial charge in [0.05, 0.1) is 12.1 Å². The third kappa shape index (κ3) is 4.30. The van der Waals surface area contributed by atoms with Gasteiger partial charge in [0.25, 0.3) is 0 Å². The van der Waals surface area contributed by atoms with Gasteiger partial charge in [-0.05, 0) is 42.0 Å². The predicted molar refractivity (Wildman–Crippen MR) is 96.7 cm³/mol. The molecule has 3 rings (SSSR count). The molecule has 1 unspecified atom stereocenters. The van der Waals surface area contributed by atoms with E-state index >= 15 is 0 Å². The lowest BCUT2D eigenvalue weighted by atomic mass is 10.1. The number of nitrogens with one attached hydrogen (secondary N) is 1. The van der Waals surface area contributed by atoms with Gasteiger partial charge in [0.2, 0.25) is 11.8 Å². The molecule has 0 radical (unpaired) electrons. The first kappa shape index (κ1) is 17.3. The summed E-state index contributed by atoms with van der Waals surface area (Å²) in [6.45, 7) is 0.318. The second kappa shape index (κ2) is 7.57. The Labute approximate surface area is 152 Å². The van der Waals surface area contributed by atoms with Crippen LogP contribution in [0.25, 0.3) is 0 Å². The van der Waals surface area contributed by atoms with E-state index in [-0.39, 0.29) is 24.1 Å². The number of anilines is 1. The maximum atomic E-state index is 12.8. The van der Waals surface area contributed by atoms with E-state index in [1.54, 1.807) is 17.0 Å². The minimum absolute atomic E-state index is 0.0926. The van der Waals surface area contributed by atoms with Crippen LogP contribution in [0.15, 0.2) is 58.1 Å². The van der Waals surface area contributed by atoms with Crippen LogP contribution in [0.1, 0.15) is 12.0 Å². The predicted octanol–water partition coefficient (Wildman–Crippen LogP) is 3.09. The molecule has 25 heavy (non-hydrogen) atoms. The summed E-state index contributed by atoms with van der Waals surface area (Å²) in [7, 11) is 0. The molecule has 0 bridgehead atoms. The van der Waals surface area contributed by atoms with Crippen LogP contribution in [0.3, 0.4) is 0 Å². The normalized spacial score (nSPS) is 17.3. The maximum Gasteiger partial charge on any atom is 0.245 e. The molecule has 2 aromatic carbocycles. The van der Waals surface area contributed by atoms with Gasteiger partial charge >= 0.3 is 0 Å². The number of nitrogens with zero attached hydrogens (tertiary/aromatic N) is 2. The summed E-state index contributed by atoms with van der Waals surface area (Å²) in [5.74, 6) is -1.20. The average molecular weight is 404 g/mol. The number of hydrogen-bond acceptors (Lipinski definition) is 3. The Morgan fingerprint density at radius 3 is 2.56 bits per heavy atom. The van der Waals surface area contributed by atoms with Crippen LogP contribution in [0.2, 0.25) is 0 Å². The van der Waals surface area contributed by atoms with Crippen LogP contribution in [0, 0.1) is 11.7 Å². The Kier molecular flexibility index (Phi) is 5.23. The van der Waals surface area contributed by atoms with Crippen molar-refractivity contribution in [3.8, 4) is 0 Å². The topological polar surface area (TPSA) is 61.8 Å². The average Bonchev–Trinajstić information content (AvgIpc) is 2.99. The molecule has 2 amide bonds. The zero-order valence-corrected chi connectivity index (χ0v) is 14.7. The van der Waals surface area contributed by atoms with Crippen molar-refractivity contribution in [3.05, 3.63) is 64.4 Å². The molecule has 0 aromatic heterocycles. The van der Waals surface area contributed by atoms with Crippen molar-refractivity contribution >= 4 is 39.6 Å². The molecule has 1 saturated heterocycles. The number of amides is 2. The monoisotopic (exact) mass is 403 g/mol. The fraction of sp³-hybridized carbons (Fsp3) is 0.167. The molecule has 1 N–H and O–H groups in total. The number of hydrogen-bond donors (Lipinski definition) is 1. The number of carbonyl (C=O) groups is 2. The molecule has 0 aliphatic carbocycles. The van der Waals surface area contributed by atoms with Crippen molar-refractivity contribution in [1.29, 1.82) is 0 Å². The fourth-order valence-corrected chi connectivity index (χ4v) is 2.83. The number of benzene rings is 2. The smallest absolute Gasteiger partial charge is 0.245 e. The zero-order valence-electron chi connectivity index (χ0n) is 13.2. The molecule has 1 heterocycles. The highest BCUT2D eigenvalue weighted by Crippen LogP contribution is 2.26. The van der Waals surface area contributed by atoms with Crippen LogP contribution in [-0.2, 0) is 9.59 Å². The van der Waals surface area contributed by atoms with E-state index in [2.05, 4.69) is 26.5 Å². The van der Waals surface area contributed by atoms with E-state index in [1.165, 1.54) is 18.3 Å². The number of rotatable bonds is 4. The van der Waals surface area contributed by atoms with Crippen LogP contribution >= 0.6 is 15.9 Å². The minimum Gasteiger partial charge on any atom is -0.312 e. The summed E-state index contributed by atoms with van der Waals surface area (Å²) in [5, 5.41) is 3.87. The van der Waals surface area contributed by atoms with Crippen molar-refractivity contribution in [1.82, 2.24) is 5.43 Å². The maximum absolute atomic E-state index is 12.8. The highest BCUT2D eigenvalue weighted by molar-refractivity contribution is 9.10. The molecule has 0 saturated carbocycles. The van der Waals surface area contributed by atoms with E-state index in [9.17, 15) is 14.0 Å². The van der Waals surface area contributed by atoms with E-state index < -0.39 is 5.92 Å². The molecular formula is C18H15BrFN3O2. The molecule has 5 nitrogen and oxygen atoms in total. The molecule has 128 valence electrons. The minimum atomic E-state index is -0.457. The number of carbonyl (C=O) groups excluding carboxylic acids is 2. The van der Waals surface area contributed by atoms with Crippen molar-refractivity contribution < 1.29 is 14.0 Å². The summed E-state index contributed by atoms with van der Waals surface area (Å²) < 4.78 is 13.7. The highest BCUT2D eigenvalue weighted by atomic mass is 79.9. The van der Waals surface area contributed by atoms with E-state index in [0.717, 1.165) is 10.2 Å². The van der Waals surface area contributed by atoms with Gasteiger partial charge in [-0.25, -0.2) is 9.82 Å². The van der Waals surface area contributed by atoms with Gasteiger partial charge in [-0.3, -0.25) is 9.59 Å². The van der Waals surface area contributed by atoms with Crippen molar-refractivity contribution in [3.63, 3.8) is 0 Å². The molecule has 2 aromatic rings. The van der Waals surface area contributed by atoms with Crippen LogP contribution in [-0.4, -0.2) is 24.6 Å². The molecule has 0 spiro atoms. The molecule has 1 atom stereocenters. The number of hydrazone groups is 1. The van der Waals surface area contributed by atoms with E-state index in [1.807, 2.05) is 24.3 Å². The summed E-state index contributed by atoms with van der Waals surface area (Å²) >= 11 is 3.35. The first-order valence-electron chi connectivity index (χ1n) is 7.67. The second-order valence-electron chi connectivity index (χ2n) is 5.67. The Hall–Kier alpha value is -2.54. The SMILES string of the molecule is O=C(N/N=C/c1ccc(F)cc1)C1CC(=O)N(c2ccc(Br)cc2)C1. The van der Waals surface area contributed by atoms with Crippen LogP contribution in [0.4, 0.5) is 10.1 Å². The Morgan fingerprint density at radius 2 is 1.88 bits per heavy atom. The van der Waals surface area contributed by atoms with Gasteiger partial charge in [-0.15, -0.1) is 0 Å². The molecule has 1 fully saturated rings. The lowest BCUT2D eigenvalue weighted by Gasteiger charge is -2.16. The van der Waals surface area contributed by atoms with Gasteiger partial charge in [-0.2, -0.15) is 5.10 Å². The van der Waals surface area contributed by atoms with Gasteiger partial charge < -0.3 is 4.90 Å². The molecule has 1 aliphatic rings. The molecule has 1 aliphatic heterocycles. The number of halogens is 2. The first-order valence-corrected chi connectivity index (χ1v) is 8.46. The third-order valence-electron chi connectivity index (χ3n) is 3.89. The Bertz CT molecular complexity index is 806. The summed E-state index contributed by atoms with van der Waals surface area (Å²) in [5.41, 5.74) is 3.87. The van der Waals surface area contributed by atoms with Crippen molar-refractivity contribution in [2.45, 2.75) is 6.42 Å². The standard InChI is InChI=1S/C18H15BrFN3O2/c19-14-3-7-16(8-4-14)23-11-13(9-17(23)24)18(25)22-21-10-12-1-5-15(20)6-2-12/h1-8,10,13H,9,11H2,(H,22,25)/b21-10+. The van der Waals surface area contributed by atoms with Gasteiger partial charge in [0, 0.05) is 23.1 Å². The second-order valence-corrected chi connectivity index (χ2v) is 6.58. The summed E-state index contributed by atoms with van der Waals surface area (Å²) in [6.07, 6.45) is 1.58. The quantitative estimate of drug-likeness (QED) is 0.629. The molecular weight excluding hydrogens is 389 g/mol. The lowest BCUT2D eigenvalue weighted by molar-refractivity contribution is -0.126. The summed E-state index contributed by atoms with van der Waals surface area (Å²) in [6, 6.07) is 13.1. The first-order chi connectivity index (χ1) is 12.0. The molecule has 7 heteroatoms. The van der Waals surface area contributed by atoms with Crippen molar-refractivity contribution in [2.75, 3.05) is 11.4 Å².